The van der Waals surface area contributed by atoms with Crippen LogP contribution in [-0.2, 0) is 9.84 Å². The van der Waals surface area contributed by atoms with Gasteiger partial charge in [0.05, 0.1) is 22.8 Å². The number of hydrogen-bond acceptors (Lipinski definition) is 5. The van der Waals surface area contributed by atoms with Crippen molar-refractivity contribution in [3.05, 3.63) is 23.8 Å². The van der Waals surface area contributed by atoms with Gasteiger partial charge < -0.3 is 20.8 Å². The van der Waals surface area contributed by atoms with E-state index in [9.17, 15) is 23.1 Å². The molecule has 1 aromatic rings. The topological polar surface area (TPSA) is 133 Å². The van der Waals surface area contributed by atoms with E-state index in [1.165, 1.54) is 12.1 Å². The van der Waals surface area contributed by atoms with Crippen LogP contribution in [0.4, 0.5) is 10.5 Å². The zero-order chi connectivity index (χ0) is 15.6. The summed E-state index contributed by atoms with van der Waals surface area (Å²) in [5.41, 5.74) is -0.247. The smallest absolute Gasteiger partial charge is 0.337 e. The Bertz CT molecular complexity index is 685. The van der Waals surface area contributed by atoms with Gasteiger partial charge in [0.25, 0.3) is 0 Å². The van der Waals surface area contributed by atoms with E-state index in [-0.39, 0.29) is 28.5 Å². The molecule has 0 aliphatic carbocycles. The lowest BCUT2D eigenvalue weighted by Gasteiger charge is -2.13. The van der Waals surface area contributed by atoms with Gasteiger partial charge in [0.2, 0.25) is 0 Å². The maximum atomic E-state index is 11.8. The minimum atomic E-state index is -3.11. The fourth-order valence-corrected chi connectivity index (χ4v) is 3.74. The Labute approximate surface area is 120 Å². The molecule has 0 bridgehead atoms. The molecule has 1 saturated heterocycles. The van der Waals surface area contributed by atoms with Gasteiger partial charge in [-0.2, -0.15) is 0 Å². The summed E-state index contributed by atoms with van der Waals surface area (Å²) >= 11 is 0. The summed E-state index contributed by atoms with van der Waals surface area (Å²) in [5.74, 6) is -1.64. The molecule has 4 N–H and O–H groups in total. The van der Waals surface area contributed by atoms with Crippen LogP contribution in [0.1, 0.15) is 16.8 Å². The van der Waals surface area contributed by atoms with Gasteiger partial charge in [-0.1, -0.05) is 0 Å². The molecule has 8 nitrogen and oxygen atoms in total. The number of amides is 2. The number of phenols is 1. The Morgan fingerprint density at radius 1 is 1.29 bits per heavy atom. The minimum absolute atomic E-state index is 0.0126. The SMILES string of the molecule is O=C(Nc1ccc(O)cc1C(=O)O)NC1CCS(=O)(=O)C1. The van der Waals surface area contributed by atoms with Crippen LogP contribution < -0.4 is 10.6 Å². The fraction of sp³-hybridized carbons (Fsp3) is 0.333. The van der Waals surface area contributed by atoms with E-state index in [4.69, 9.17) is 5.11 Å². The number of nitrogens with one attached hydrogen (secondary N) is 2. The number of carbonyl (C=O) groups is 2. The first kappa shape index (κ1) is 15.1. The van der Waals surface area contributed by atoms with Gasteiger partial charge in [0, 0.05) is 6.04 Å². The molecule has 2 rings (SSSR count). The maximum Gasteiger partial charge on any atom is 0.337 e. The first-order chi connectivity index (χ1) is 9.77. The summed E-state index contributed by atoms with van der Waals surface area (Å²) in [7, 11) is -3.11. The standard InChI is InChI=1S/C12H14N2O6S/c15-8-1-2-10(9(5-8)11(16)17)14-12(18)13-7-3-4-21(19,20)6-7/h1-2,5,7,15H,3-4,6H2,(H,16,17)(H2,13,14,18). The van der Waals surface area contributed by atoms with Gasteiger partial charge in [-0.3, -0.25) is 0 Å². The second-order valence-corrected chi connectivity index (χ2v) is 6.96. The first-order valence-electron chi connectivity index (χ1n) is 6.11. The van der Waals surface area contributed by atoms with Gasteiger partial charge in [-0.05, 0) is 24.6 Å². The monoisotopic (exact) mass is 314 g/mol. The second-order valence-electron chi connectivity index (χ2n) is 4.73. The number of rotatable bonds is 3. The lowest BCUT2D eigenvalue weighted by molar-refractivity contribution is 0.0697. The molecule has 114 valence electrons. The fourth-order valence-electron chi connectivity index (χ4n) is 2.07. The number of urea groups is 1. The van der Waals surface area contributed by atoms with Crippen LogP contribution in [0.25, 0.3) is 0 Å². The van der Waals surface area contributed by atoms with Crippen molar-refractivity contribution in [2.75, 3.05) is 16.8 Å². The van der Waals surface area contributed by atoms with E-state index in [0.717, 1.165) is 6.07 Å². The van der Waals surface area contributed by atoms with Crippen molar-refractivity contribution < 1.29 is 28.2 Å². The van der Waals surface area contributed by atoms with Crippen LogP contribution in [0.5, 0.6) is 5.75 Å². The van der Waals surface area contributed by atoms with Crippen LogP contribution in [0.15, 0.2) is 18.2 Å². The number of phenolic OH excluding ortho intramolecular Hbond substituents is 1. The van der Waals surface area contributed by atoms with E-state index in [1.54, 1.807) is 0 Å². The van der Waals surface area contributed by atoms with Crippen LogP contribution in [0.2, 0.25) is 0 Å². The molecular formula is C12H14N2O6S. The number of carbonyl (C=O) groups excluding carboxylic acids is 1. The number of benzene rings is 1. The van der Waals surface area contributed by atoms with E-state index < -0.39 is 27.9 Å². The third-order valence-electron chi connectivity index (χ3n) is 3.05. The van der Waals surface area contributed by atoms with Crippen molar-refractivity contribution in [2.45, 2.75) is 12.5 Å². The third kappa shape index (κ3) is 3.85. The van der Waals surface area contributed by atoms with Gasteiger partial charge in [0.15, 0.2) is 9.84 Å². The average molecular weight is 314 g/mol. The number of anilines is 1. The first-order valence-corrected chi connectivity index (χ1v) is 7.93. The molecule has 1 aliphatic rings. The summed E-state index contributed by atoms with van der Waals surface area (Å²) in [6.07, 6.45) is 0.330. The highest BCUT2D eigenvalue weighted by Crippen LogP contribution is 2.21. The third-order valence-corrected chi connectivity index (χ3v) is 4.82. The molecule has 1 unspecified atom stereocenters. The van der Waals surface area contributed by atoms with E-state index in [2.05, 4.69) is 10.6 Å². The molecular weight excluding hydrogens is 300 g/mol. The normalized spacial score (nSPS) is 19.9. The number of aromatic carboxylic acids is 1. The van der Waals surface area contributed by atoms with Crippen molar-refractivity contribution in [3.63, 3.8) is 0 Å². The summed E-state index contributed by atoms with van der Waals surface area (Å²) in [4.78, 5) is 22.8. The molecule has 1 aliphatic heterocycles. The molecule has 2 amide bonds. The van der Waals surface area contributed by atoms with E-state index in [0.29, 0.717) is 6.42 Å². The minimum Gasteiger partial charge on any atom is -0.508 e. The van der Waals surface area contributed by atoms with Crippen LogP contribution in [0, 0.1) is 0 Å². The average Bonchev–Trinajstić information content (AvgIpc) is 2.70. The Morgan fingerprint density at radius 3 is 2.57 bits per heavy atom. The molecule has 1 atom stereocenters. The molecule has 1 fully saturated rings. The van der Waals surface area contributed by atoms with Crippen molar-refractivity contribution in [3.8, 4) is 5.75 Å². The zero-order valence-corrected chi connectivity index (χ0v) is 11.7. The highest BCUT2D eigenvalue weighted by atomic mass is 32.2. The Morgan fingerprint density at radius 2 is 2.00 bits per heavy atom. The second kappa shape index (κ2) is 5.60. The number of carboxylic acids is 1. The Hall–Kier alpha value is -2.29. The molecule has 0 saturated carbocycles. The van der Waals surface area contributed by atoms with Crippen LogP contribution in [-0.4, -0.2) is 48.2 Å². The number of sulfone groups is 1. The molecule has 1 heterocycles. The van der Waals surface area contributed by atoms with Crippen LogP contribution >= 0.6 is 0 Å². The zero-order valence-electron chi connectivity index (χ0n) is 10.9. The summed E-state index contributed by atoms with van der Waals surface area (Å²) in [5, 5.41) is 23.1. The number of carboxylic acid groups (broad SMARTS) is 1. The Balaban J connectivity index is 2.05. The molecule has 9 heteroatoms. The highest BCUT2D eigenvalue weighted by molar-refractivity contribution is 7.91. The molecule has 21 heavy (non-hydrogen) atoms. The van der Waals surface area contributed by atoms with Crippen LogP contribution in [0.3, 0.4) is 0 Å². The predicted molar refractivity (Wildman–Crippen MR) is 74.3 cm³/mol. The Kier molecular flexibility index (Phi) is 4.03. The maximum absolute atomic E-state index is 11.8. The summed E-state index contributed by atoms with van der Waals surface area (Å²) in [6.45, 7) is 0. The number of hydrogen-bond donors (Lipinski definition) is 4. The summed E-state index contributed by atoms with van der Waals surface area (Å²) < 4.78 is 22.6. The lowest BCUT2D eigenvalue weighted by Crippen LogP contribution is -2.38. The van der Waals surface area contributed by atoms with E-state index >= 15 is 0 Å². The van der Waals surface area contributed by atoms with Gasteiger partial charge >= 0.3 is 12.0 Å². The van der Waals surface area contributed by atoms with Crippen molar-refractivity contribution in [1.29, 1.82) is 0 Å². The largest absolute Gasteiger partial charge is 0.508 e. The lowest BCUT2D eigenvalue weighted by atomic mass is 10.1. The van der Waals surface area contributed by atoms with Gasteiger partial charge in [-0.15, -0.1) is 0 Å². The molecule has 1 aromatic carbocycles. The van der Waals surface area contributed by atoms with Crippen molar-refractivity contribution in [2.24, 2.45) is 0 Å². The highest BCUT2D eigenvalue weighted by Gasteiger charge is 2.29. The molecule has 0 radical (unpaired) electrons. The molecule has 0 aromatic heterocycles. The van der Waals surface area contributed by atoms with Crippen molar-refractivity contribution in [1.82, 2.24) is 5.32 Å². The predicted octanol–water partition coefficient (Wildman–Crippen LogP) is 0.399. The number of aromatic hydroxyl groups is 1. The van der Waals surface area contributed by atoms with E-state index in [1.807, 2.05) is 0 Å². The molecule has 0 spiro atoms. The van der Waals surface area contributed by atoms with Crippen molar-refractivity contribution >= 4 is 27.5 Å². The van der Waals surface area contributed by atoms with Gasteiger partial charge in [-0.25, -0.2) is 18.0 Å². The quantitative estimate of drug-likeness (QED) is 0.597. The van der Waals surface area contributed by atoms with Gasteiger partial charge in [0.1, 0.15) is 5.75 Å². The summed E-state index contributed by atoms with van der Waals surface area (Å²) in [6, 6.07) is 2.33.